The second kappa shape index (κ2) is 8.04. The summed E-state index contributed by atoms with van der Waals surface area (Å²) in [6.45, 7) is 4.61. The van der Waals surface area contributed by atoms with Crippen LogP contribution in [0.1, 0.15) is 58.1 Å². The zero-order valence-electron chi connectivity index (χ0n) is 12.9. The van der Waals surface area contributed by atoms with E-state index < -0.39 is 0 Å². The van der Waals surface area contributed by atoms with E-state index in [1.165, 1.54) is 49.6 Å². The summed E-state index contributed by atoms with van der Waals surface area (Å²) in [6.07, 6.45) is 9.17. The van der Waals surface area contributed by atoms with E-state index in [0.29, 0.717) is 0 Å². The molecule has 0 amide bonds. The van der Waals surface area contributed by atoms with Gasteiger partial charge in [0.2, 0.25) is 0 Å². The molecule has 0 aliphatic rings. The van der Waals surface area contributed by atoms with Crippen LogP contribution in [-0.4, -0.2) is 4.98 Å². The van der Waals surface area contributed by atoms with Gasteiger partial charge in [0.25, 0.3) is 0 Å². The van der Waals surface area contributed by atoms with Gasteiger partial charge in [-0.3, -0.25) is 4.98 Å². The highest BCUT2D eigenvalue weighted by Crippen LogP contribution is 2.20. The molecular formula is C19H27N. The van der Waals surface area contributed by atoms with Crippen LogP contribution in [0.25, 0.3) is 10.9 Å². The van der Waals surface area contributed by atoms with E-state index >= 15 is 0 Å². The molecule has 0 fully saturated rings. The second-order valence-electron chi connectivity index (χ2n) is 5.80. The first-order chi connectivity index (χ1) is 9.83. The second-order valence-corrected chi connectivity index (χ2v) is 5.80. The van der Waals surface area contributed by atoms with Crippen molar-refractivity contribution in [1.82, 2.24) is 4.98 Å². The van der Waals surface area contributed by atoms with E-state index in [0.717, 1.165) is 17.9 Å². The average molecular weight is 269 g/mol. The summed E-state index contributed by atoms with van der Waals surface area (Å²) in [7, 11) is 0. The first-order valence-corrected chi connectivity index (χ1v) is 8.18. The van der Waals surface area contributed by atoms with Gasteiger partial charge in [0, 0.05) is 11.1 Å². The number of nitrogens with zero attached hydrogens (tertiary/aromatic N) is 1. The van der Waals surface area contributed by atoms with Gasteiger partial charge in [-0.05, 0) is 30.9 Å². The Bertz CT molecular complexity index is 518. The quantitative estimate of drug-likeness (QED) is 0.592. The van der Waals surface area contributed by atoms with Crippen molar-refractivity contribution in [2.24, 2.45) is 5.92 Å². The molecular weight excluding hydrogens is 242 g/mol. The van der Waals surface area contributed by atoms with Gasteiger partial charge in [0.15, 0.2) is 0 Å². The number of aryl methyl sites for hydroxylation is 1. The van der Waals surface area contributed by atoms with Crippen molar-refractivity contribution in [3.63, 3.8) is 0 Å². The van der Waals surface area contributed by atoms with Crippen LogP contribution >= 0.6 is 0 Å². The van der Waals surface area contributed by atoms with Gasteiger partial charge in [0.1, 0.15) is 0 Å². The maximum Gasteiger partial charge on any atom is 0.0705 e. The minimum absolute atomic E-state index is 0.912. The molecule has 1 aromatic heterocycles. The van der Waals surface area contributed by atoms with Crippen molar-refractivity contribution < 1.29 is 0 Å². The highest BCUT2D eigenvalue weighted by molar-refractivity contribution is 5.78. The molecule has 1 heteroatoms. The highest BCUT2D eigenvalue weighted by atomic mass is 14.7. The van der Waals surface area contributed by atoms with Gasteiger partial charge in [-0.25, -0.2) is 0 Å². The first-order valence-electron chi connectivity index (χ1n) is 8.18. The number of benzene rings is 1. The van der Waals surface area contributed by atoms with E-state index in [9.17, 15) is 0 Å². The molecule has 0 saturated heterocycles. The Kier molecular flexibility index (Phi) is 6.04. The lowest BCUT2D eigenvalue weighted by atomic mass is 9.93. The van der Waals surface area contributed by atoms with Gasteiger partial charge in [0.05, 0.1) is 5.52 Å². The minimum Gasteiger partial charge on any atom is -0.253 e. The van der Waals surface area contributed by atoms with E-state index in [1.807, 2.05) is 0 Å². The van der Waals surface area contributed by atoms with Crippen LogP contribution < -0.4 is 0 Å². The lowest BCUT2D eigenvalue weighted by Gasteiger charge is -2.13. The number of unbranched alkanes of at least 4 members (excludes halogenated alkanes) is 1. The molecule has 1 atom stereocenters. The van der Waals surface area contributed by atoms with Crippen molar-refractivity contribution in [1.29, 1.82) is 0 Å². The summed E-state index contributed by atoms with van der Waals surface area (Å²) in [5.41, 5.74) is 2.37. The summed E-state index contributed by atoms with van der Waals surface area (Å²) in [5.74, 6) is 0.912. The summed E-state index contributed by atoms with van der Waals surface area (Å²) in [5, 5.41) is 1.24. The zero-order chi connectivity index (χ0) is 14.2. The van der Waals surface area contributed by atoms with Crippen LogP contribution in [0.5, 0.6) is 0 Å². The van der Waals surface area contributed by atoms with Crippen LogP contribution in [0.4, 0.5) is 0 Å². The number of hydrogen-bond donors (Lipinski definition) is 0. The molecule has 1 aromatic carbocycles. The molecule has 0 aliphatic heterocycles. The molecule has 0 bridgehead atoms. The SMILES string of the molecule is CCCCC(CC)CCCc1ccc2ccccc2n1. The standard InChI is InChI=1S/C19H27N/c1-3-5-9-16(4-2)10-8-12-18-15-14-17-11-6-7-13-19(17)20-18/h6-7,11,13-16H,3-5,8-10,12H2,1-2H3. The third-order valence-corrected chi connectivity index (χ3v) is 4.24. The first kappa shape index (κ1) is 15.0. The van der Waals surface area contributed by atoms with Crippen molar-refractivity contribution in [2.45, 2.75) is 58.8 Å². The molecule has 0 radical (unpaired) electrons. The van der Waals surface area contributed by atoms with E-state index in [-0.39, 0.29) is 0 Å². The molecule has 0 aliphatic carbocycles. The van der Waals surface area contributed by atoms with Crippen LogP contribution in [-0.2, 0) is 6.42 Å². The van der Waals surface area contributed by atoms with Crippen molar-refractivity contribution in [3.05, 3.63) is 42.1 Å². The lowest BCUT2D eigenvalue weighted by molar-refractivity contribution is 0.409. The number of para-hydroxylation sites is 1. The Hall–Kier alpha value is -1.37. The Labute approximate surface area is 123 Å². The van der Waals surface area contributed by atoms with Gasteiger partial charge in [-0.2, -0.15) is 0 Å². The molecule has 2 aromatic rings. The monoisotopic (exact) mass is 269 g/mol. The van der Waals surface area contributed by atoms with Crippen LogP contribution in [0.2, 0.25) is 0 Å². The average Bonchev–Trinajstić information content (AvgIpc) is 2.50. The fraction of sp³-hybridized carbons (Fsp3) is 0.526. The van der Waals surface area contributed by atoms with Crippen LogP contribution in [0, 0.1) is 5.92 Å². The smallest absolute Gasteiger partial charge is 0.0705 e. The number of fused-ring (bicyclic) bond motifs is 1. The number of hydrogen-bond acceptors (Lipinski definition) is 1. The minimum atomic E-state index is 0.912. The van der Waals surface area contributed by atoms with Gasteiger partial charge in [-0.1, -0.05) is 70.2 Å². The summed E-state index contributed by atoms with van der Waals surface area (Å²) in [6, 6.07) is 12.8. The molecule has 0 saturated carbocycles. The summed E-state index contributed by atoms with van der Waals surface area (Å²) >= 11 is 0. The topological polar surface area (TPSA) is 12.9 Å². The number of rotatable bonds is 8. The van der Waals surface area contributed by atoms with E-state index in [1.54, 1.807) is 0 Å². The van der Waals surface area contributed by atoms with Gasteiger partial charge < -0.3 is 0 Å². The zero-order valence-corrected chi connectivity index (χ0v) is 12.9. The molecule has 2 rings (SSSR count). The largest absolute Gasteiger partial charge is 0.253 e. The van der Waals surface area contributed by atoms with Crippen LogP contribution in [0.3, 0.4) is 0 Å². The normalized spacial score (nSPS) is 12.7. The molecule has 0 spiro atoms. The van der Waals surface area contributed by atoms with Crippen molar-refractivity contribution in [2.75, 3.05) is 0 Å². The van der Waals surface area contributed by atoms with Crippen LogP contribution in [0.15, 0.2) is 36.4 Å². The van der Waals surface area contributed by atoms with E-state index in [4.69, 9.17) is 4.98 Å². The van der Waals surface area contributed by atoms with Gasteiger partial charge in [-0.15, -0.1) is 0 Å². The lowest BCUT2D eigenvalue weighted by Crippen LogP contribution is -2.00. The highest BCUT2D eigenvalue weighted by Gasteiger charge is 2.06. The fourth-order valence-corrected chi connectivity index (χ4v) is 2.86. The Balaban J connectivity index is 1.85. The maximum absolute atomic E-state index is 4.76. The summed E-state index contributed by atoms with van der Waals surface area (Å²) < 4.78 is 0. The number of pyridine rings is 1. The molecule has 0 N–H and O–H groups in total. The van der Waals surface area contributed by atoms with Gasteiger partial charge >= 0.3 is 0 Å². The molecule has 1 nitrogen and oxygen atoms in total. The molecule has 1 heterocycles. The third-order valence-electron chi connectivity index (χ3n) is 4.24. The third kappa shape index (κ3) is 4.33. The van der Waals surface area contributed by atoms with Crippen molar-refractivity contribution in [3.8, 4) is 0 Å². The molecule has 1 unspecified atom stereocenters. The fourth-order valence-electron chi connectivity index (χ4n) is 2.86. The predicted molar refractivity (Wildman–Crippen MR) is 88.0 cm³/mol. The summed E-state index contributed by atoms with van der Waals surface area (Å²) in [4.78, 5) is 4.76. The predicted octanol–water partition coefficient (Wildman–Crippen LogP) is 5.77. The Morgan fingerprint density at radius 1 is 0.950 bits per heavy atom. The van der Waals surface area contributed by atoms with Crippen molar-refractivity contribution >= 4 is 10.9 Å². The Morgan fingerprint density at radius 3 is 2.55 bits per heavy atom. The molecule has 20 heavy (non-hydrogen) atoms. The molecule has 108 valence electrons. The number of aromatic nitrogens is 1. The maximum atomic E-state index is 4.76. The Morgan fingerprint density at radius 2 is 1.75 bits per heavy atom. The van der Waals surface area contributed by atoms with E-state index in [2.05, 4.69) is 50.2 Å².